The number of likely N-dealkylation sites (tertiary alicyclic amines) is 1. The van der Waals surface area contributed by atoms with Gasteiger partial charge in [0.25, 0.3) is 0 Å². The maximum Gasteiger partial charge on any atom is 0.228 e. The highest BCUT2D eigenvalue weighted by molar-refractivity contribution is 14.0. The summed E-state index contributed by atoms with van der Waals surface area (Å²) in [6.45, 7) is 7.76. The third kappa shape index (κ3) is 5.73. The summed E-state index contributed by atoms with van der Waals surface area (Å²) in [7, 11) is 0. The van der Waals surface area contributed by atoms with E-state index >= 15 is 0 Å². The molecule has 7 nitrogen and oxygen atoms in total. The number of nitrogens with zero attached hydrogens (tertiary/aromatic N) is 5. The van der Waals surface area contributed by atoms with Crippen molar-refractivity contribution in [1.29, 1.82) is 0 Å². The summed E-state index contributed by atoms with van der Waals surface area (Å²) in [6, 6.07) is 8.02. The SMILES string of the molecule is CCNC(=NCCc1nc(-c2ccc(Cl)cc2)no1)N1CCC(N2CC=CC2)C1.I. The summed E-state index contributed by atoms with van der Waals surface area (Å²) in [4.78, 5) is 14.2. The first-order valence-electron chi connectivity index (χ1n) is 10.2. The Balaban J connectivity index is 0.00000256. The lowest BCUT2D eigenvalue weighted by atomic mass is 10.2. The van der Waals surface area contributed by atoms with Crippen LogP contribution in [0.4, 0.5) is 0 Å². The van der Waals surface area contributed by atoms with E-state index in [9.17, 15) is 0 Å². The van der Waals surface area contributed by atoms with E-state index in [4.69, 9.17) is 21.1 Å². The van der Waals surface area contributed by atoms with Crippen molar-refractivity contribution in [3.05, 3.63) is 47.3 Å². The fourth-order valence-corrected chi connectivity index (χ4v) is 3.91. The van der Waals surface area contributed by atoms with Gasteiger partial charge in [-0.3, -0.25) is 9.89 Å². The molecule has 0 bridgehead atoms. The van der Waals surface area contributed by atoms with Crippen molar-refractivity contribution in [3.63, 3.8) is 0 Å². The molecule has 0 spiro atoms. The van der Waals surface area contributed by atoms with Crippen molar-refractivity contribution in [2.75, 3.05) is 39.3 Å². The molecule has 1 unspecified atom stereocenters. The van der Waals surface area contributed by atoms with E-state index in [-0.39, 0.29) is 24.0 Å². The van der Waals surface area contributed by atoms with E-state index in [2.05, 4.69) is 44.3 Å². The van der Waals surface area contributed by atoms with Crippen molar-refractivity contribution in [2.45, 2.75) is 25.8 Å². The summed E-state index contributed by atoms with van der Waals surface area (Å²) in [5.74, 6) is 2.14. The summed E-state index contributed by atoms with van der Waals surface area (Å²) in [6.07, 6.45) is 6.30. The maximum atomic E-state index is 5.93. The summed E-state index contributed by atoms with van der Waals surface area (Å²) in [5, 5.41) is 8.18. The molecule has 1 aromatic heterocycles. The Labute approximate surface area is 199 Å². The number of halogens is 2. The van der Waals surface area contributed by atoms with Gasteiger partial charge in [-0.05, 0) is 37.6 Å². The molecule has 1 N–H and O–H groups in total. The van der Waals surface area contributed by atoms with Crippen LogP contribution in [0.5, 0.6) is 0 Å². The lowest BCUT2D eigenvalue weighted by molar-refractivity contribution is 0.259. The highest BCUT2D eigenvalue weighted by Crippen LogP contribution is 2.19. The minimum atomic E-state index is 0. The van der Waals surface area contributed by atoms with Gasteiger partial charge in [0.2, 0.25) is 11.7 Å². The Bertz CT molecular complexity index is 861. The van der Waals surface area contributed by atoms with E-state index in [1.54, 1.807) is 0 Å². The normalized spacial score (nSPS) is 19.3. The second-order valence-electron chi connectivity index (χ2n) is 7.32. The zero-order valence-corrected chi connectivity index (χ0v) is 20.2. The minimum absolute atomic E-state index is 0. The van der Waals surface area contributed by atoms with Gasteiger partial charge >= 0.3 is 0 Å². The van der Waals surface area contributed by atoms with Crippen molar-refractivity contribution in [2.24, 2.45) is 4.99 Å². The van der Waals surface area contributed by atoms with Gasteiger partial charge in [-0.25, -0.2) is 0 Å². The first-order chi connectivity index (χ1) is 14.2. The van der Waals surface area contributed by atoms with Crippen LogP contribution in [-0.2, 0) is 6.42 Å². The smallest absolute Gasteiger partial charge is 0.228 e. The molecule has 30 heavy (non-hydrogen) atoms. The predicted molar refractivity (Wildman–Crippen MR) is 131 cm³/mol. The number of hydrogen-bond donors (Lipinski definition) is 1. The van der Waals surface area contributed by atoms with Gasteiger partial charge in [-0.15, -0.1) is 24.0 Å². The molecule has 2 aliphatic heterocycles. The average molecular weight is 543 g/mol. The van der Waals surface area contributed by atoms with Crippen LogP contribution >= 0.6 is 35.6 Å². The fraction of sp³-hybridized carbons (Fsp3) is 0.476. The van der Waals surface area contributed by atoms with Gasteiger partial charge in [0.1, 0.15) is 0 Å². The van der Waals surface area contributed by atoms with Gasteiger partial charge in [0, 0.05) is 55.8 Å². The number of rotatable bonds is 6. The van der Waals surface area contributed by atoms with Gasteiger partial charge in [-0.2, -0.15) is 4.98 Å². The van der Waals surface area contributed by atoms with Crippen LogP contribution in [0.25, 0.3) is 11.4 Å². The van der Waals surface area contributed by atoms with E-state index in [1.807, 2.05) is 24.3 Å². The highest BCUT2D eigenvalue weighted by Gasteiger charge is 2.29. The second kappa shape index (κ2) is 11.1. The van der Waals surface area contributed by atoms with Crippen molar-refractivity contribution < 1.29 is 4.52 Å². The average Bonchev–Trinajstić information content (AvgIpc) is 3.48. The predicted octanol–water partition coefficient (Wildman–Crippen LogP) is 3.46. The number of guanidine groups is 1. The number of aromatic nitrogens is 2. The largest absolute Gasteiger partial charge is 0.357 e. The maximum absolute atomic E-state index is 5.93. The standard InChI is InChI=1S/C21H27ClN6O.HI/c1-2-23-21(28-14-10-18(15-28)27-12-3-4-13-27)24-11-9-19-25-20(26-29-19)16-5-7-17(22)8-6-16;/h3-8,18H,2,9-15H2,1H3,(H,23,24);1H. The van der Waals surface area contributed by atoms with E-state index in [0.717, 1.165) is 44.2 Å². The van der Waals surface area contributed by atoms with E-state index in [1.165, 1.54) is 6.42 Å². The lowest BCUT2D eigenvalue weighted by Crippen LogP contribution is -2.43. The third-order valence-electron chi connectivity index (χ3n) is 5.32. The van der Waals surface area contributed by atoms with E-state index < -0.39 is 0 Å². The molecule has 0 amide bonds. The Kier molecular flexibility index (Phi) is 8.52. The molecule has 2 aromatic rings. The van der Waals surface area contributed by atoms with Crippen LogP contribution in [0, 0.1) is 0 Å². The molecule has 9 heteroatoms. The zero-order valence-electron chi connectivity index (χ0n) is 17.1. The van der Waals surface area contributed by atoms with Crippen LogP contribution in [0.3, 0.4) is 0 Å². The number of benzene rings is 1. The lowest BCUT2D eigenvalue weighted by Gasteiger charge is -2.25. The number of aliphatic imine (C=N–C) groups is 1. The monoisotopic (exact) mass is 542 g/mol. The summed E-state index contributed by atoms with van der Waals surface area (Å²) < 4.78 is 5.39. The van der Waals surface area contributed by atoms with Gasteiger partial charge in [0.15, 0.2) is 5.96 Å². The molecule has 1 atom stereocenters. The molecule has 0 saturated carbocycles. The minimum Gasteiger partial charge on any atom is -0.357 e. The van der Waals surface area contributed by atoms with Gasteiger partial charge in [-0.1, -0.05) is 28.9 Å². The van der Waals surface area contributed by atoms with Crippen LogP contribution in [0.1, 0.15) is 19.2 Å². The Hall–Kier alpha value is -1.65. The van der Waals surface area contributed by atoms with Crippen LogP contribution < -0.4 is 5.32 Å². The molecule has 1 aromatic carbocycles. The van der Waals surface area contributed by atoms with Gasteiger partial charge < -0.3 is 14.7 Å². The molecular formula is C21H28ClIN6O. The third-order valence-corrected chi connectivity index (χ3v) is 5.57. The Morgan fingerprint density at radius 3 is 2.77 bits per heavy atom. The first kappa shape index (κ1) is 23.0. The topological polar surface area (TPSA) is 69.8 Å². The quantitative estimate of drug-likeness (QED) is 0.261. The molecule has 2 aliphatic rings. The van der Waals surface area contributed by atoms with E-state index in [0.29, 0.717) is 35.7 Å². The molecule has 0 radical (unpaired) electrons. The second-order valence-corrected chi connectivity index (χ2v) is 7.75. The van der Waals surface area contributed by atoms with Gasteiger partial charge in [0.05, 0.1) is 6.54 Å². The van der Waals surface area contributed by atoms with Crippen molar-refractivity contribution >= 4 is 41.5 Å². The Morgan fingerprint density at radius 1 is 1.27 bits per heavy atom. The summed E-state index contributed by atoms with van der Waals surface area (Å²) in [5.41, 5.74) is 0.890. The highest BCUT2D eigenvalue weighted by atomic mass is 127. The molecule has 162 valence electrons. The fourth-order valence-electron chi connectivity index (χ4n) is 3.78. The van der Waals surface area contributed by atoms with Crippen molar-refractivity contribution in [1.82, 2.24) is 25.3 Å². The van der Waals surface area contributed by atoms with Crippen LogP contribution in [-0.4, -0.2) is 71.2 Å². The zero-order chi connectivity index (χ0) is 20.1. The first-order valence-corrected chi connectivity index (χ1v) is 10.6. The molecule has 1 saturated heterocycles. The van der Waals surface area contributed by atoms with Crippen LogP contribution in [0.2, 0.25) is 5.02 Å². The van der Waals surface area contributed by atoms with Crippen LogP contribution in [0.15, 0.2) is 45.9 Å². The van der Waals surface area contributed by atoms with Crippen molar-refractivity contribution in [3.8, 4) is 11.4 Å². The number of nitrogens with one attached hydrogen (secondary N) is 1. The molecular weight excluding hydrogens is 515 g/mol. The molecule has 4 rings (SSSR count). The molecule has 3 heterocycles. The molecule has 1 fully saturated rings. The molecule has 0 aliphatic carbocycles. The Morgan fingerprint density at radius 2 is 2.03 bits per heavy atom. The number of hydrogen-bond acceptors (Lipinski definition) is 5. The summed E-state index contributed by atoms with van der Waals surface area (Å²) >= 11 is 5.93.